The molecule has 1 aliphatic carbocycles. The van der Waals surface area contributed by atoms with Gasteiger partial charge in [-0.2, -0.15) is 0 Å². The molecule has 0 unspecified atom stereocenters. The summed E-state index contributed by atoms with van der Waals surface area (Å²) in [6.07, 6.45) is 4.70. The first-order valence-corrected chi connectivity index (χ1v) is 11.8. The Hall–Kier alpha value is -2.35. The van der Waals surface area contributed by atoms with Gasteiger partial charge in [-0.15, -0.1) is 0 Å². The first-order chi connectivity index (χ1) is 14.3. The van der Waals surface area contributed by atoms with Crippen LogP contribution in [0.4, 0.5) is 0 Å². The van der Waals surface area contributed by atoms with Crippen molar-refractivity contribution in [3.63, 3.8) is 0 Å². The number of rotatable bonds is 6. The molecule has 1 fully saturated rings. The number of hydrogen-bond donors (Lipinski definition) is 3. The lowest BCUT2D eigenvalue weighted by atomic mass is 9.96. The molecular formula is C22H23ClN2O4S. The van der Waals surface area contributed by atoms with E-state index in [9.17, 15) is 18.3 Å². The fourth-order valence-electron chi connectivity index (χ4n) is 4.16. The third kappa shape index (κ3) is 4.24. The van der Waals surface area contributed by atoms with Crippen molar-refractivity contribution in [3.8, 4) is 11.3 Å². The summed E-state index contributed by atoms with van der Waals surface area (Å²) < 4.78 is 28.5. The summed E-state index contributed by atoms with van der Waals surface area (Å²) in [6, 6.07) is 12.1. The number of nitrogens with one attached hydrogen (secondary N) is 2. The Labute approximate surface area is 180 Å². The third-order valence-corrected chi connectivity index (χ3v) is 7.58. The van der Waals surface area contributed by atoms with Gasteiger partial charge in [-0.25, -0.2) is 13.1 Å². The van der Waals surface area contributed by atoms with Crippen molar-refractivity contribution >= 4 is 38.5 Å². The van der Waals surface area contributed by atoms with Crippen molar-refractivity contribution in [2.24, 2.45) is 0 Å². The van der Waals surface area contributed by atoms with Crippen molar-refractivity contribution in [1.29, 1.82) is 0 Å². The first kappa shape index (κ1) is 20.9. The molecule has 1 aliphatic rings. The number of carbonyl (C=O) groups is 1. The standard InChI is InChI=1S/C22H23ClN2O4S/c23-18-12-14(10-11-20(18)30(28,29)25-15-6-2-1-3-7-15)22-17(13-21(26)27)16-8-4-5-9-19(16)24-22/h4-5,8-12,15,24-25H,1-3,6-7,13H2,(H,26,27). The molecular weight excluding hydrogens is 424 g/mol. The topological polar surface area (TPSA) is 99.3 Å². The molecule has 0 spiro atoms. The number of hydrogen-bond acceptors (Lipinski definition) is 3. The maximum atomic E-state index is 12.8. The van der Waals surface area contributed by atoms with E-state index < -0.39 is 16.0 Å². The summed E-state index contributed by atoms with van der Waals surface area (Å²) in [5.74, 6) is -0.942. The van der Waals surface area contributed by atoms with Crippen LogP contribution in [0.25, 0.3) is 22.2 Å². The Morgan fingerprint density at radius 2 is 1.87 bits per heavy atom. The molecule has 30 heavy (non-hydrogen) atoms. The molecule has 158 valence electrons. The van der Waals surface area contributed by atoms with Gasteiger partial charge in [0.25, 0.3) is 0 Å². The average molecular weight is 447 g/mol. The van der Waals surface area contributed by atoms with Crippen LogP contribution in [0.2, 0.25) is 5.02 Å². The number of aromatic nitrogens is 1. The lowest BCUT2D eigenvalue weighted by Gasteiger charge is -2.23. The zero-order chi connectivity index (χ0) is 21.3. The van der Waals surface area contributed by atoms with E-state index in [1.54, 1.807) is 12.1 Å². The smallest absolute Gasteiger partial charge is 0.307 e. The number of aliphatic carboxylic acids is 1. The van der Waals surface area contributed by atoms with E-state index in [0.717, 1.165) is 43.0 Å². The number of aromatic amines is 1. The Bertz CT molecular complexity index is 1200. The van der Waals surface area contributed by atoms with E-state index in [1.165, 1.54) is 6.07 Å². The van der Waals surface area contributed by atoms with E-state index in [0.29, 0.717) is 16.8 Å². The van der Waals surface area contributed by atoms with E-state index in [4.69, 9.17) is 11.6 Å². The highest BCUT2D eigenvalue weighted by Gasteiger charge is 2.25. The summed E-state index contributed by atoms with van der Waals surface area (Å²) >= 11 is 6.39. The van der Waals surface area contributed by atoms with Crippen LogP contribution in [0.3, 0.4) is 0 Å². The van der Waals surface area contributed by atoms with Gasteiger partial charge in [0.05, 0.1) is 17.1 Å². The third-order valence-electron chi connectivity index (χ3n) is 5.58. The fraction of sp³-hybridized carbons (Fsp3) is 0.318. The van der Waals surface area contributed by atoms with Crippen molar-refractivity contribution in [2.75, 3.05) is 0 Å². The van der Waals surface area contributed by atoms with Crippen LogP contribution >= 0.6 is 11.6 Å². The van der Waals surface area contributed by atoms with Gasteiger partial charge in [-0.1, -0.05) is 55.1 Å². The molecule has 0 aliphatic heterocycles. The van der Waals surface area contributed by atoms with Crippen molar-refractivity contribution in [2.45, 2.75) is 49.5 Å². The number of carboxylic acids is 1. The number of benzene rings is 2. The lowest BCUT2D eigenvalue weighted by Crippen LogP contribution is -2.36. The molecule has 0 radical (unpaired) electrons. The van der Waals surface area contributed by atoms with E-state index in [1.807, 2.05) is 24.3 Å². The van der Waals surface area contributed by atoms with Crippen LogP contribution in [0.15, 0.2) is 47.4 Å². The largest absolute Gasteiger partial charge is 0.481 e. The van der Waals surface area contributed by atoms with Gasteiger partial charge in [-0.05, 0) is 42.2 Å². The minimum atomic E-state index is -3.73. The normalized spacial score (nSPS) is 15.5. The average Bonchev–Trinajstić information content (AvgIpc) is 3.06. The highest BCUT2D eigenvalue weighted by molar-refractivity contribution is 7.89. The van der Waals surface area contributed by atoms with Crippen LogP contribution in [-0.2, 0) is 21.2 Å². The molecule has 6 nitrogen and oxygen atoms in total. The molecule has 1 aromatic heterocycles. The van der Waals surface area contributed by atoms with Gasteiger partial charge in [0.2, 0.25) is 10.0 Å². The first-order valence-electron chi connectivity index (χ1n) is 9.99. The summed E-state index contributed by atoms with van der Waals surface area (Å²) in [4.78, 5) is 14.7. The molecule has 1 saturated carbocycles. The summed E-state index contributed by atoms with van der Waals surface area (Å²) in [5, 5.41) is 10.3. The number of H-pyrrole nitrogens is 1. The summed E-state index contributed by atoms with van der Waals surface area (Å²) in [5.41, 5.74) is 2.73. The SMILES string of the molecule is O=C(O)Cc1c(-c2ccc(S(=O)(=O)NC3CCCCC3)c(Cl)c2)[nH]c2ccccc12. The van der Waals surface area contributed by atoms with Crippen LogP contribution in [0, 0.1) is 0 Å². The van der Waals surface area contributed by atoms with Crippen molar-refractivity contribution in [1.82, 2.24) is 9.71 Å². The molecule has 0 bridgehead atoms. The van der Waals surface area contributed by atoms with Crippen LogP contribution in [0.5, 0.6) is 0 Å². The van der Waals surface area contributed by atoms with Crippen LogP contribution in [-0.4, -0.2) is 30.5 Å². The molecule has 0 saturated heterocycles. The van der Waals surface area contributed by atoms with Crippen LogP contribution in [0.1, 0.15) is 37.7 Å². The van der Waals surface area contributed by atoms with Gasteiger partial charge in [0, 0.05) is 16.9 Å². The predicted molar refractivity (Wildman–Crippen MR) is 117 cm³/mol. The maximum Gasteiger partial charge on any atom is 0.307 e. The second-order valence-corrected chi connectivity index (χ2v) is 9.79. The Morgan fingerprint density at radius 1 is 1.13 bits per heavy atom. The number of halogens is 1. The zero-order valence-electron chi connectivity index (χ0n) is 16.3. The molecule has 3 N–H and O–H groups in total. The fourth-order valence-corrected chi connectivity index (χ4v) is 6.01. The number of carboxylic acid groups (broad SMARTS) is 1. The van der Waals surface area contributed by atoms with E-state index in [2.05, 4.69) is 9.71 Å². The molecule has 1 heterocycles. The van der Waals surface area contributed by atoms with Gasteiger partial charge < -0.3 is 10.1 Å². The van der Waals surface area contributed by atoms with Crippen molar-refractivity contribution in [3.05, 3.63) is 53.1 Å². The lowest BCUT2D eigenvalue weighted by molar-refractivity contribution is -0.136. The quantitative estimate of drug-likeness (QED) is 0.509. The molecule has 0 amide bonds. The molecule has 4 rings (SSSR count). The van der Waals surface area contributed by atoms with Gasteiger partial charge in [0.15, 0.2) is 0 Å². The summed E-state index contributed by atoms with van der Waals surface area (Å²) in [6.45, 7) is 0. The molecule has 8 heteroatoms. The number of para-hydroxylation sites is 1. The molecule has 2 aromatic carbocycles. The summed E-state index contributed by atoms with van der Waals surface area (Å²) in [7, 11) is -3.73. The number of fused-ring (bicyclic) bond motifs is 1. The highest BCUT2D eigenvalue weighted by atomic mass is 35.5. The van der Waals surface area contributed by atoms with Gasteiger partial charge >= 0.3 is 5.97 Å². The Kier molecular flexibility index (Phi) is 5.86. The molecule has 0 atom stereocenters. The minimum absolute atomic E-state index is 0.0365. The number of sulfonamides is 1. The van der Waals surface area contributed by atoms with E-state index in [-0.39, 0.29) is 22.4 Å². The van der Waals surface area contributed by atoms with E-state index >= 15 is 0 Å². The second-order valence-electron chi connectivity index (χ2n) is 7.70. The van der Waals surface area contributed by atoms with Crippen LogP contribution < -0.4 is 4.72 Å². The maximum absolute atomic E-state index is 12.8. The predicted octanol–water partition coefficient (Wildman–Crippen LogP) is 4.73. The van der Waals surface area contributed by atoms with Gasteiger partial charge in [-0.3, -0.25) is 4.79 Å². The highest BCUT2D eigenvalue weighted by Crippen LogP contribution is 2.34. The van der Waals surface area contributed by atoms with Crippen molar-refractivity contribution < 1.29 is 18.3 Å². The Morgan fingerprint density at radius 3 is 2.57 bits per heavy atom. The minimum Gasteiger partial charge on any atom is -0.481 e. The second kappa shape index (κ2) is 8.41. The Balaban J connectivity index is 1.70. The molecule has 3 aromatic rings. The zero-order valence-corrected chi connectivity index (χ0v) is 17.9. The van der Waals surface area contributed by atoms with Gasteiger partial charge in [0.1, 0.15) is 4.90 Å². The monoisotopic (exact) mass is 446 g/mol.